The van der Waals surface area contributed by atoms with Gasteiger partial charge in [-0.1, -0.05) is 5.23 Å². The molecule has 0 aromatic heterocycles. The average molecular weight is 458 g/mol. The Morgan fingerprint density at radius 1 is 0.452 bits per heavy atom. The zero-order valence-electron chi connectivity index (χ0n) is 19.3. The first-order valence-corrected chi connectivity index (χ1v) is 11.0. The molecule has 0 saturated carbocycles. The van der Waals surface area contributed by atoms with E-state index in [0.29, 0.717) is 112 Å². The zero-order valence-corrected chi connectivity index (χ0v) is 19.3. The maximum Gasteiger partial charge on any atom is 0.0751 e. The second kappa shape index (κ2) is 27.6. The summed E-state index contributed by atoms with van der Waals surface area (Å²) in [5.74, 6) is 0. The van der Waals surface area contributed by atoms with Crippen LogP contribution in [-0.4, -0.2) is 129 Å². The van der Waals surface area contributed by atoms with Crippen LogP contribution < -0.4 is 0 Å². The zero-order chi connectivity index (χ0) is 22.7. The lowest BCUT2D eigenvalue weighted by atomic mass is 10.6. The van der Waals surface area contributed by atoms with Gasteiger partial charge in [0.1, 0.15) is 0 Å². The molecule has 0 rings (SSSR count). The molecule has 0 unspecified atom stereocenters. The summed E-state index contributed by atoms with van der Waals surface area (Å²) in [6.45, 7) is 12.5. The number of hydrogen-bond acceptors (Lipinski definition) is 11. The van der Waals surface area contributed by atoms with E-state index < -0.39 is 0 Å². The Hall–Kier alpha value is -0.440. The molecule has 0 aromatic rings. The smallest absolute Gasteiger partial charge is 0.0751 e. The number of rotatable bonds is 27. The van der Waals surface area contributed by atoms with E-state index >= 15 is 0 Å². The Kier molecular flexibility index (Phi) is 27.2. The van der Waals surface area contributed by atoms with Crippen LogP contribution in [0.3, 0.4) is 0 Å². The fourth-order valence-electron chi connectivity index (χ4n) is 2.08. The molecule has 11 nitrogen and oxygen atoms in total. The average Bonchev–Trinajstić information content (AvgIpc) is 2.77. The highest BCUT2D eigenvalue weighted by molar-refractivity contribution is 4.38. The Balaban J connectivity index is 3.11. The van der Waals surface area contributed by atoms with Crippen molar-refractivity contribution < 1.29 is 47.9 Å². The lowest BCUT2D eigenvalue weighted by Crippen LogP contribution is -2.28. The standard InChI is InChI=1S/C20H43NO10/c1-3-30-21(31-4-2)5-7-23-9-11-25-13-15-27-17-19-29-20-18-28-16-14-26-12-10-24-8-6-22/h22H,3-20H2,1-2H3. The fourth-order valence-corrected chi connectivity index (χ4v) is 2.08. The number of hydrogen-bond donors (Lipinski definition) is 1. The molecular weight excluding hydrogens is 414 g/mol. The first-order chi connectivity index (χ1) is 15.3. The molecule has 0 fully saturated rings. The molecule has 0 amide bonds. The van der Waals surface area contributed by atoms with E-state index in [9.17, 15) is 0 Å². The molecule has 0 aliphatic carbocycles. The minimum atomic E-state index is 0.0304. The molecule has 0 aromatic carbocycles. The molecule has 0 atom stereocenters. The van der Waals surface area contributed by atoms with Crippen molar-refractivity contribution in [3.8, 4) is 0 Å². The SMILES string of the molecule is CCON(CCOCCOCCOCCOCCOCCOCCOCCO)OCC. The minimum absolute atomic E-state index is 0.0304. The van der Waals surface area contributed by atoms with Crippen LogP contribution in [0, 0.1) is 0 Å². The topological polar surface area (TPSA) is 107 Å². The molecule has 11 heteroatoms. The van der Waals surface area contributed by atoms with Crippen LogP contribution in [-0.2, 0) is 42.8 Å². The van der Waals surface area contributed by atoms with Crippen LogP contribution >= 0.6 is 0 Å². The van der Waals surface area contributed by atoms with Crippen LogP contribution in [0.2, 0.25) is 0 Å². The van der Waals surface area contributed by atoms with E-state index in [1.807, 2.05) is 13.8 Å². The minimum Gasteiger partial charge on any atom is -0.394 e. The van der Waals surface area contributed by atoms with Crippen molar-refractivity contribution in [3.63, 3.8) is 0 Å². The third-order valence-corrected chi connectivity index (χ3v) is 3.43. The summed E-state index contributed by atoms with van der Waals surface area (Å²) in [6, 6.07) is 0. The monoisotopic (exact) mass is 457 g/mol. The molecule has 1 N–H and O–H groups in total. The van der Waals surface area contributed by atoms with Crippen molar-refractivity contribution in [1.29, 1.82) is 0 Å². The van der Waals surface area contributed by atoms with Crippen LogP contribution in [0.4, 0.5) is 0 Å². The third-order valence-electron chi connectivity index (χ3n) is 3.43. The number of hydroxylamine groups is 2. The van der Waals surface area contributed by atoms with E-state index in [1.54, 1.807) is 0 Å². The normalized spacial score (nSPS) is 11.6. The van der Waals surface area contributed by atoms with Gasteiger partial charge in [-0.25, -0.2) is 0 Å². The maximum atomic E-state index is 8.54. The van der Waals surface area contributed by atoms with E-state index in [2.05, 4.69) is 0 Å². The molecular formula is C20H43NO10. The number of aliphatic hydroxyl groups excluding tert-OH is 1. The lowest BCUT2D eigenvalue weighted by molar-refractivity contribution is -0.367. The summed E-state index contributed by atoms with van der Waals surface area (Å²) in [5, 5.41) is 9.98. The van der Waals surface area contributed by atoms with Crippen LogP contribution in [0.5, 0.6) is 0 Å². The fraction of sp³-hybridized carbons (Fsp3) is 1.00. The van der Waals surface area contributed by atoms with Gasteiger partial charge in [0.2, 0.25) is 0 Å². The predicted octanol–water partition coefficient (Wildman–Crippen LogP) is 0.300. The van der Waals surface area contributed by atoms with Crippen LogP contribution in [0.1, 0.15) is 13.8 Å². The molecule has 0 spiro atoms. The summed E-state index contributed by atoms with van der Waals surface area (Å²) < 4.78 is 37.5. The second-order valence-corrected chi connectivity index (χ2v) is 5.90. The molecule has 0 aliphatic rings. The largest absolute Gasteiger partial charge is 0.394 e. The first kappa shape index (κ1) is 30.6. The summed E-state index contributed by atoms with van der Waals surface area (Å²) >= 11 is 0. The number of aliphatic hydroxyl groups is 1. The van der Waals surface area contributed by atoms with Gasteiger partial charge in [-0.05, 0) is 13.8 Å². The van der Waals surface area contributed by atoms with Gasteiger partial charge < -0.3 is 38.3 Å². The molecule has 0 heterocycles. The van der Waals surface area contributed by atoms with Crippen molar-refractivity contribution in [2.45, 2.75) is 13.8 Å². The van der Waals surface area contributed by atoms with Gasteiger partial charge in [0, 0.05) is 0 Å². The van der Waals surface area contributed by atoms with Crippen molar-refractivity contribution in [2.75, 3.05) is 119 Å². The quantitative estimate of drug-likeness (QED) is 0.136. The van der Waals surface area contributed by atoms with E-state index in [1.165, 1.54) is 5.23 Å². The van der Waals surface area contributed by atoms with Crippen LogP contribution in [0.25, 0.3) is 0 Å². The first-order valence-electron chi connectivity index (χ1n) is 11.0. The Labute approximate surface area is 186 Å². The molecule has 31 heavy (non-hydrogen) atoms. The third kappa shape index (κ3) is 25.7. The summed E-state index contributed by atoms with van der Waals surface area (Å²) in [6.07, 6.45) is 0. The Bertz CT molecular complexity index is 322. The summed E-state index contributed by atoms with van der Waals surface area (Å²) in [7, 11) is 0. The second-order valence-electron chi connectivity index (χ2n) is 5.90. The summed E-state index contributed by atoms with van der Waals surface area (Å²) in [4.78, 5) is 10.6. The van der Waals surface area contributed by atoms with Gasteiger partial charge in [-0.15, -0.1) is 0 Å². The van der Waals surface area contributed by atoms with Crippen molar-refractivity contribution in [1.82, 2.24) is 5.23 Å². The van der Waals surface area contributed by atoms with Gasteiger partial charge in [-0.2, -0.15) is 0 Å². The number of ether oxygens (including phenoxy) is 7. The molecule has 0 saturated heterocycles. The van der Waals surface area contributed by atoms with Crippen LogP contribution in [0.15, 0.2) is 0 Å². The van der Waals surface area contributed by atoms with E-state index in [4.69, 9.17) is 47.9 Å². The van der Waals surface area contributed by atoms with Crippen molar-refractivity contribution >= 4 is 0 Å². The van der Waals surface area contributed by atoms with E-state index in [0.717, 1.165) is 0 Å². The maximum absolute atomic E-state index is 8.54. The lowest BCUT2D eigenvalue weighted by Gasteiger charge is -2.19. The number of nitrogens with zero attached hydrogens (tertiary/aromatic N) is 1. The molecule has 0 bridgehead atoms. The molecule has 188 valence electrons. The van der Waals surface area contributed by atoms with Gasteiger partial charge in [0.05, 0.1) is 119 Å². The van der Waals surface area contributed by atoms with Gasteiger partial charge >= 0.3 is 0 Å². The molecule has 0 aliphatic heterocycles. The van der Waals surface area contributed by atoms with Crippen molar-refractivity contribution in [3.05, 3.63) is 0 Å². The highest BCUT2D eigenvalue weighted by Gasteiger charge is 2.03. The predicted molar refractivity (Wildman–Crippen MR) is 113 cm³/mol. The van der Waals surface area contributed by atoms with E-state index in [-0.39, 0.29) is 6.61 Å². The summed E-state index contributed by atoms with van der Waals surface area (Å²) in [5.41, 5.74) is 0. The highest BCUT2D eigenvalue weighted by Crippen LogP contribution is 1.93. The van der Waals surface area contributed by atoms with Gasteiger partial charge in [-0.3, -0.25) is 9.68 Å². The highest BCUT2D eigenvalue weighted by atomic mass is 16.9. The van der Waals surface area contributed by atoms with Gasteiger partial charge in [0.25, 0.3) is 0 Å². The molecule has 0 radical (unpaired) electrons. The Morgan fingerprint density at radius 3 is 1.03 bits per heavy atom. The Morgan fingerprint density at radius 2 is 0.742 bits per heavy atom. The van der Waals surface area contributed by atoms with Crippen molar-refractivity contribution in [2.24, 2.45) is 0 Å². The van der Waals surface area contributed by atoms with Gasteiger partial charge in [0.15, 0.2) is 0 Å².